The molecule has 166 valence electrons. The van der Waals surface area contributed by atoms with Crippen LogP contribution in [0.5, 0.6) is 5.75 Å². The predicted molar refractivity (Wildman–Crippen MR) is 129 cm³/mol. The molecule has 32 heavy (non-hydrogen) atoms. The lowest BCUT2D eigenvalue weighted by Crippen LogP contribution is -2.38. The number of ether oxygens (including phenoxy) is 1. The molecule has 5 nitrogen and oxygen atoms in total. The van der Waals surface area contributed by atoms with E-state index < -0.39 is 0 Å². The fraction of sp³-hybridized carbons (Fsp3) is 0.360. The van der Waals surface area contributed by atoms with E-state index in [1.54, 1.807) is 29.5 Å². The third-order valence-corrected chi connectivity index (χ3v) is 8.43. The summed E-state index contributed by atoms with van der Waals surface area (Å²) in [5, 5.41) is 9.39. The van der Waals surface area contributed by atoms with Crippen molar-refractivity contribution in [1.82, 2.24) is 5.32 Å². The average molecular weight is 467 g/mol. The van der Waals surface area contributed by atoms with Crippen molar-refractivity contribution in [3.05, 3.63) is 68.2 Å². The van der Waals surface area contributed by atoms with Crippen LogP contribution >= 0.6 is 22.7 Å². The van der Waals surface area contributed by atoms with Crippen LogP contribution in [0.4, 0.5) is 5.00 Å². The van der Waals surface area contributed by atoms with E-state index in [9.17, 15) is 9.59 Å². The molecule has 1 aliphatic heterocycles. The Bertz CT molecular complexity index is 1170. The van der Waals surface area contributed by atoms with Crippen molar-refractivity contribution < 1.29 is 14.3 Å². The minimum atomic E-state index is -0.376. The molecule has 0 saturated carbocycles. The van der Waals surface area contributed by atoms with E-state index in [1.807, 2.05) is 23.6 Å². The second kappa shape index (κ2) is 8.05. The molecule has 3 aromatic rings. The van der Waals surface area contributed by atoms with Gasteiger partial charge in [0, 0.05) is 4.88 Å². The summed E-state index contributed by atoms with van der Waals surface area (Å²) in [7, 11) is 0. The van der Waals surface area contributed by atoms with Crippen LogP contribution in [-0.4, -0.2) is 11.9 Å². The number of fused-ring (bicyclic) bond motifs is 3. The Balaban J connectivity index is 1.37. The third kappa shape index (κ3) is 3.95. The normalized spacial score (nSPS) is 20.0. The van der Waals surface area contributed by atoms with Crippen molar-refractivity contribution in [2.24, 2.45) is 11.3 Å². The van der Waals surface area contributed by atoms with Crippen LogP contribution in [0.2, 0.25) is 0 Å². The Kier molecular flexibility index (Phi) is 5.34. The molecule has 2 aliphatic rings. The van der Waals surface area contributed by atoms with Gasteiger partial charge in [-0.3, -0.25) is 4.79 Å². The second-order valence-corrected chi connectivity index (χ2v) is 11.6. The molecule has 1 aromatic carbocycles. The highest BCUT2D eigenvalue weighted by molar-refractivity contribution is 7.16. The molecular formula is C25H26N2O3S2. The van der Waals surface area contributed by atoms with E-state index >= 15 is 0 Å². The molecule has 1 amide bonds. The molecule has 2 aromatic heterocycles. The molecule has 2 atom stereocenters. The number of carbonyl (C=O) groups is 2. The SMILES string of the molecule is CC(C)(C)[C@@H]1CCc2c(sc3c2C(=O)N[C@@H](c2cccc(OC(=O)c4cccs4)c2)N3)C1. The van der Waals surface area contributed by atoms with Gasteiger partial charge in [0.2, 0.25) is 0 Å². The molecule has 0 fully saturated rings. The monoisotopic (exact) mass is 466 g/mol. The first-order valence-electron chi connectivity index (χ1n) is 10.9. The van der Waals surface area contributed by atoms with Gasteiger partial charge in [-0.2, -0.15) is 0 Å². The molecule has 2 N–H and O–H groups in total. The van der Waals surface area contributed by atoms with Gasteiger partial charge in [0.05, 0.1) is 5.56 Å². The summed E-state index contributed by atoms with van der Waals surface area (Å²) in [5.74, 6) is 0.681. The van der Waals surface area contributed by atoms with Crippen LogP contribution in [0.1, 0.15) is 69.4 Å². The van der Waals surface area contributed by atoms with Crippen molar-refractivity contribution in [3.8, 4) is 5.75 Å². The van der Waals surface area contributed by atoms with Crippen molar-refractivity contribution in [1.29, 1.82) is 0 Å². The maximum absolute atomic E-state index is 13.1. The molecule has 0 spiro atoms. The van der Waals surface area contributed by atoms with Gasteiger partial charge in [-0.25, -0.2) is 4.79 Å². The van der Waals surface area contributed by atoms with E-state index in [0.717, 1.165) is 35.4 Å². The lowest BCUT2D eigenvalue weighted by atomic mass is 9.72. The molecule has 0 unspecified atom stereocenters. The van der Waals surface area contributed by atoms with Gasteiger partial charge in [0.1, 0.15) is 21.8 Å². The lowest BCUT2D eigenvalue weighted by molar-refractivity contribution is 0.0739. The maximum Gasteiger partial charge on any atom is 0.353 e. The molecule has 7 heteroatoms. The summed E-state index contributed by atoms with van der Waals surface area (Å²) < 4.78 is 5.53. The Hall–Kier alpha value is -2.64. The molecular weight excluding hydrogens is 440 g/mol. The highest BCUT2D eigenvalue weighted by atomic mass is 32.1. The topological polar surface area (TPSA) is 67.4 Å². The van der Waals surface area contributed by atoms with Crippen LogP contribution < -0.4 is 15.4 Å². The van der Waals surface area contributed by atoms with Crippen molar-refractivity contribution in [3.63, 3.8) is 0 Å². The zero-order valence-corrected chi connectivity index (χ0v) is 20.0. The van der Waals surface area contributed by atoms with E-state index in [-0.39, 0.29) is 23.5 Å². The Labute approximate surface area is 195 Å². The van der Waals surface area contributed by atoms with Gasteiger partial charge in [-0.05, 0) is 65.3 Å². The number of carbonyl (C=O) groups excluding carboxylic acids is 2. The van der Waals surface area contributed by atoms with Crippen LogP contribution in [0.3, 0.4) is 0 Å². The highest BCUT2D eigenvalue weighted by Crippen LogP contribution is 2.46. The van der Waals surface area contributed by atoms with Crippen LogP contribution in [-0.2, 0) is 12.8 Å². The van der Waals surface area contributed by atoms with Crippen molar-refractivity contribution in [2.75, 3.05) is 5.32 Å². The Morgan fingerprint density at radius 2 is 2.00 bits per heavy atom. The first-order chi connectivity index (χ1) is 15.3. The van der Waals surface area contributed by atoms with E-state index in [0.29, 0.717) is 16.5 Å². The standard InChI is InChI=1S/C25H26N2O3S2/c1-25(2,3)15-9-10-17-19(13-15)32-23-20(17)22(28)26-21(27-23)14-6-4-7-16(12-14)30-24(29)18-8-5-11-31-18/h4-8,11-12,15,21,27H,9-10,13H2,1-3H3,(H,26,28)/t15-,21-/m1/s1. The fourth-order valence-electron chi connectivity index (χ4n) is 4.51. The molecule has 5 rings (SSSR count). The summed E-state index contributed by atoms with van der Waals surface area (Å²) in [6.45, 7) is 6.90. The van der Waals surface area contributed by atoms with Gasteiger partial charge in [-0.15, -0.1) is 22.7 Å². The number of hydrogen-bond donors (Lipinski definition) is 2. The quantitative estimate of drug-likeness (QED) is 0.365. The average Bonchev–Trinajstić information content (AvgIpc) is 3.41. The number of hydrogen-bond acceptors (Lipinski definition) is 6. The van der Waals surface area contributed by atoms with Gasteiger partial charge < -0.3 is 15.4 Å². The second-order valence-electron chi connectivity index (χ2n) is 9.50. The number of benzene rings is 1. The summed E-state index contributed by atoms with van der Waals surface area (Å²) >= 11 is 3.06. The third-order valence-electron chi connectivity index (χ3n) is 6.39. The Morgan fingerprint density at radius 3 is 2.75 bits per heavy atom. The number of thiophene rings is 2. The zero-order chi connectivity index (χ0) is 22.5. The molecule has 1 aliphatic carbocycles. The highest BCUT2D eigenvalue weighted by Gasteiger charge is 2.36. The number of anilines is 1. The number of amides is 1. The Morgan fingerprint density at radius 1 is 1.16 bits per heavy atom. The van der Waals surface area contributed by atoms with Crippen molar-refractivity contribution >= 4 is 39.6 Å². The van der Waals surface area contributed by atoms with Gasteiger partial charge >= 0.3 is 5.97 Å². The van der Waals surface area contributed by atoms with Crippen LogP contribution in [0, 0.1) is 11.3 Å². The molecule has 0 radical (unpaired) electrons. The largest absolute Gasteiger partial charge is 0.422 e. The predicted octanol–water partition coefficient (Wildman–Crippen LogP) is 6.03. The van der Waals surface area contributed by atoms with E-state index in [4.69, 9.17) is 4.74 Å². The van der Waals surface area contributed by atoms with Gasteiger partial charge in [0.25, 0.3) is 5.91 Å². The lowest BCUT2D eigenvalue weighted by Gasteiger charge is -2.34. The zero-order valence-electron chi connectivity index (χ0n) is 18.4. The van der Waals surface area contributed by atoms with Crippen LogP contribution in [0.15, 0.2) is 41.8 Å². The van der Waals surface area contributed by atoms with E-state index in [2.05, 4.69) is 31.4 Å². The first-order valence-corrected chi connectivity index (χ1v) is 12.6. The summed E-state index contributed by atoms with van der Waals surface area (Å²) in [6.07, 6.45) is 2.74. The minimum absolute atomic E-state index is 0.0311. The molecule has 0 bridgehead atoms. The molecule has 0 saturated heterocycles. The van der Waals surface area contributed by atoms with Crippen molar-refractivity contribution in [2.45, 2.75) is 46.2 Å². The summed E-state index contributed by atoms with van der Waals surface area (Å²) in [5.41, 5.74) is 3.14. The first kappa shape index (κ1) is 21.2. The number of esters is 1. The number of rotatable bonds is 3. The summed E-state index contributed by atoms with van der Waals surface area (Å²) in [4.78, 5) is 27.3. The van der Waals surface area contributed by atoms with Gasteiger partial charge in [-0.1, -0.05) is 39.0 Å². The minimum Gasteiger partial charge on any atom is -0.422 e. The van der Waals surface area contributed by atoms with Gasteiger partial charge in [0.15, 0.2) is 0 Å². The maximum atomic E-state index is 13.1. The molecule has 3 heterocycles. The smallest absolute Gasteiger partial charge is 0.353 e. The number of nitrogens with one attached hydrogen (secondary N) is 2. The van der Waals surface area contributed by atoms with Crippen LogP contribution in [0.25, 0.3) is 0 Å². The fourth-order valence-corrected chi connectivity index (χ4v) is 6.47. The van der Waals surface area contributed by atoms with E-state index in [1.165, 1.54) is 21.8 Å². The summed E-state index contributed by atoms with van der Waals surface area (Å²) in [6, 6.07) is 10.9.